The Balaban J connectivity index is 1.88. The molecule has 0 radical (unpaired) electrons. The summed E-state index contributed by atoms with van der Waals surface area (Å²) >= 11 is 0. The Kier molecular flexibility index (Phi) is 5.98. The summed E-state index contributed by atoms with van der Waals surface area (Å²) in [5.41, 5.74) is 0.770. The first-order valence-electron chi connectivity index (χ1n) is 9.38. The number of hydrogen-bond acceptors (Lipinski definition) is 7. The van der Waals surface area contributed by atoms with Gasteiger partial charge in [0, 0.05) is 6.07 Å². The van der Waals surface area contributed by atoms with Crippen molar-refractivity contribution in [3.05, 3.63) is 58.1 Å². The average molecular weight is 447 g/mol. The van der Waals surface area contributed by atoms with Gasteiger partial charge in [-0.15, -0.1) is 0 Å². The molecule has 11 heteroatoms. The van der Waals surface area contributed by atoms with E-state index in [0.29, 0.717) is 0 Å². The minimum atomic E-state index is -4.13. The predicted molar refractivity (Wildman–Crippen MR) is 111 cm³/mol. The number of aryl methyl sites for hydroxylation is 1. The largest absolute Gasteiger partial charge is 0.478 e. The molecule has 1 aliphatic heterocycles. The fourth-order valence-electron chi connectivity index (χ4n) is 3.08. The maximum Gasteiger partial charge on any atom is 0.273 e. The first-order valence-corrected chi connectivity index (χ1v) is 10.9. The van der Waals surface area contributed by atoms with Gasteiger partial charge in [-0.3, -0.25) is 24.6 Å². The van der Waals surface area contributed by atoms with Crippen LogP contribution < -0.4 is 14.4 Å². The van der Waals surface area contributed by atoms with E-state index in [2.05, 4.69) is 0 Å². The highest BCUT2D eigenvalue weighted by Gasteiger charge is 2.38. The summed E-state index contributed by atoms with van der Waals surface area (Å²) in [7, 11) is -4.13. The lowest BCUT2D eigenvalue weighted by molar-refractivity contribution is -0.384. The van der Waals surface area contributed by atoms with Crippen LogP contribution in [-0.2, 0) is 19.6 Å². The summed E-state index contributed by atoms with van der Waals surface area (Å²) in [6.45, 7) is 4.66. The number of carbonyl (C=O) groups is 2. The van der Waals surface area contributed by atoms with Crippen LogP contribution in [0.15, 0.2) is 47.4 Å². The van der Waals surface area contributed by atoms with E-state index in [-0.39, 0.29) is 27.9 Å². The summed E-state index contributed by atoms with van der Waals surface area (Å²) in [5, 5.41) is 11.1. The second-order valence-electron chi connectivity index (χ2n) is 7.46. The van der Waals surface area contributed by atoms with E-state index in [0.717, 1.165) is 10.5 Å². The van der Waals surface area contributed by atoms with Crippen molar-refractivity contribution >= 4 is 33.2 Å². The number of sulfonamides is 1. The monoisotopic (exact) mass is 447 g/mol. The van der Waals surface area contributed by atoms with Gasteiger partial charge in [-0.2, -0.15) is 0 Å². The third-order valence-corrected chi connectivity index (χ3v) is 6.08. The van der Waals surface area contributed by atoms with E-state index in [9.17, 15) is 28.1 Å². The second-order valence-corrected chi connectivity index (χ2v) is 9.14. The normalized spacial score (nSPS) is 15.9. The van der Waals surface area contributed by atoms with Gasteiger partial charge in [-0.05, 0) is 31.0 Å². The van der Waals surface area contributed by atoms with Crippen molar-refractivity contribution in [1.82, 2.24) is 4.72 Å². The molecule has 10 nitrogen and oxygen atoms in total. The number of nitrogens with zero attached hydrogens (tertiary/aromatic N) is 2. The molecule has 164 valence electrons. The number of carbonyl (C=O) groups excluding carboxylic acids is 2. The van der Waals surface area contributed by atoms with Gasteiger partial charge < -0.3 is 4.74 Å². The van der Waals surface area contributed by atoms with Crippen molar-refractivity contribution in [2.45, 2.75) is 31.8 Å². The van der Waals surface area contributed by atoms with E-state index < -0.39 is 39.4 Å². The minimum absolute atomic E-state index is 0.0710. The Morgan fingerprint density at radius 3 is 2.45 bits per heavy atom. The Hall–Kier alpha value is -3.47. The third kappa shape index (κ3) is 4.66. The molecule has 2 amide bonds. The topological polar surface area (TPSA) is 136 Å². The minimum Gasteiger partial charge on any atom is -0.478 e. The van der Waals surface area contributed by atoms with Crippen LogP contribution in [0.5, 0.6) is 5.75 Å². The van der Waals surface area contributed by atoms with E-state index in [1.165, 1.54) is 30.3 Å². The highest BCUT2D eigenvalue weighted by molar-refractivity contribution is 7.90. The maximum atomic E-state index is 12.9. The van der Waals surface area contributed by atoms with Gasteiger partial charge in [0.2, 0.25) is 0 Å². The molecular formula is C20H21N3O7S. The molecule has 3 rings (SSSR count). The zero-order chi connectivity index (χ0) is 22.9. The highest BCUT2D eigenvalue weighted by atomic mass is 32.2. The van der Waals surface area contributed by atoms with E-state index in [1.807, 2.05) is 4.72 Å². The van der Waals surface area contributed by atoms with Crippen molar-refractivity contribution in [2.75, 3.05) is 11.4 Å². The van der Waals surface area contributed by atoms with Crippen molar-refractivity contribution in [3.63, 3.8) is 0 Å². The summed E-state index contributed by atoms with van der Waals surface area (Å²) in [6.07, 6.45) is -0.976. The number of nitro groups is 1. The molecule has 0 saturated carbocycles. The molecule has 31 heavy (non-hydrogen) atoms. The molecule has 0 bridgehead atoms. The molecule has 0 aromatic heterocycles. The smallest absolute Gasteiger partial charge is 0.273 e. The average Bonchev–Trinajstić information content (AvgIpc) is 2.69. The number of rotatable bonds is 6. The zero-order valence-corrected chi connectivity index (χ0v) is 17.9. The number of non-ortho nitro benzene ring substituents is 1. The Bertz CT molecular complexity index is 1140. The van der Waals surface area contributed by atoms with Gasteiger partial charge in [0.1, 0.15) is 6.54 Å². The number of benzene rings is 2. The third-order valence-electron chi connectivity index (χ3n) is 4.70. The Morgan fingerprint density at radius 1 is 1.23 bits per heavy atom. The van der Waals surface area contributed by atoms with Crippen molar-refractivity contribution in [3.8, 4) is 5.75 Å². The molecule has 0 saturated heterocycles. The van der Waals surface area contributed by atoms with Gasteiger partial charge in [-0.1, -0.05) is 31.5 Å². The number of hydrogen-bond donors (Lipinski definition) is 1. The lowest BCUT2D eigenvalue weighted by Gasteiger charge is -2.35. The van der Waals surface area contributed by atoms with Gasteiger partial charge in [0.25, 0.3) is 27.5 Å². The van der Waals surface area contributed by atoms with Crippen LogP contribution in [0.3, 0.4) is 0 Å². The summed E-state index contributed by atoms with van der Waals surface area (Å²) in [4.78, 5) is 36.9. The van der Waals surface area contributed by atoms with Crippen LogP contribution in [0.25, 0.3) is 0 Å². The van der Waals surface area contributed by atoms with Crippen LogP contribution in [0.2, 0.25) is 0 Å². The standard InChI is InChI=1S/C20H21N3O7S/c1-12(2)19-20(25)22(16-9-6-14(23(26)27)10-17(16)30-19)11-18(24)21-31(28,29)15-7-4-13(3)5-8-15/h4-10,12,19H,11H2,1-3H3,(H,21,24). The number of ether oxygens (including phenoxy) is 1. The molecule has 2 aromatic rings. The fourth-order valence-corrected chi connectivity index (χ4v) is 4.06. The molecule has 1 N–H and O–H groups in total. The molecule has 0 fully saturated rings. The van der Waals surface area contributed by atoms with Gasteiger partial charge in [-0.25, -0.2) is 13.1 Å². The maximum absolute atomic E-state index is 12.9. The number of anilines is 1. The molecule has 1 atom stereocenters. The second kappa shape index (κ2) is 8.34. The molecule has 0 aliphatic carbocycles. The lowest BCUT2D eigenvalue weighted by Crippen LogP contribution is -2.52. The van der Waals surface area contributed by atoms with E-state index >= 15 is 0 Å². The molecular weight excluding hydrogens is 426 g/mol. The van der Waals surface area contributed by atoms with Crippen molar-refractivity contribution in [2.24, 2.45) is 5.92 Å². The van der Waals surface area contributed by atoms with Crippen LogP contribution in [0.4, 0.5) is 11.4 Å². The summed E-state index contributed by atoms with van der Waals surface area (Å²) in [5.74, 6) is -1.69. The number of amides is 2. The van der Waals surface area contributed by atoms with Crippen molar-refractivity contribution in [1.29, 1.82) is 0 Å². The quantitative estimate of drug-likeness (QED) is 0.529. The highest BCUT2D eigenvalue weighted by Crippen LogP contribution is 2.38. The molecule has 2 aromatic carbocycles. The molecule has 0 spiro atoms. The molecule has 1 heterocycles. The number of nitro benzene ring substituents is 1. The molecule has 1 unspecified atom stereocenters. The fraction of sp³-hybridized carbons (Fsp3) is 0.300. The van der Waals surface area contributed by atoms with E-state index in [1.54, 1.807) is 32.9 Å². The van der Waals surface area contributed by atoms with E-state index in [4.69, 9.17) is 4.74 Å². The lowest BCUT2D eigenvalue weighted by atomic mass is 10.0. The van der Waals surface area contributed by atoms with Crippen LogP contribution in [-0.4, -0.2) is 37.8 Å². The SMILES string of the molecule is Cc1ccc(S(=O)(=O)NC(=O)CN2C(=O)C(C(C)C)Oc3cc([N+](=O)[O-])ccc32)cc1. The first kappa shape index (κ1) is 22.2. The number of nitrogens with one attached hydrogen (secondary N) is 1. The number of fused-ring (bicyclic) bond motifs is 1. The first-order chi connectivity index (χ1) is 14.5. The van der Waals surface area contributed by atoms with Gasteiger partial charge in [0.15, 0.2) is 11.9 Å². The molecule has 1 aliphatic rings. The summed E-state index contributed by atoms with van der Waals surface area (Å²) < 4.78 is 32.6. The zero-order valence-electron chi connectivity index (χ0n) is 17.1. The predicted octanol–water partition coefficient (Wildman–Crippen LogP) is 2.16. The van der Waals surface area contributed by atoms with Crippen LogP contribution in [0, 0.1) is 23.0 Å². The van der Waals surface area contributed by atoms with Gasteiger partial charge in [0.05, 0.1) is 21.6 Å². The van der Waals surface area contributed by atoms with Crippen LogP contribution in [0.1, 0.15) is 19.4 Å². The van der Waals surface area contributed by atoms with Crippen LogP contribution >= 0.6 is 0 Å². The Labute approximate surface area is 179 Å². The summed E-state index contributed by atoms with van der Waals surface area (Å²) in [6, 6.07) is 9.58. The Morgan fingerprint density at radius 2 is 1.87 bits per heavy atom. The van der Waals surface area contributed by atoms with Crippen molar-refractivity contribution < 1.29 is 27.7 Å². The van der Waals surface area contributed by atoms with Gasteiger partial charge >= 0.3 is 0 Å².